The Bertz CT molecular complexity index is 690. The van der Waals surface area contributed by atoms with Gasteiger partial charge in [0.15, 0.2) is 0 Å². The zero-order chi connectivity index (χ0) is 17.4. The van der Waals surface area contributed by atoms with E-state index in [-0.39, 0.29) is 17.6 Å². The van der Waals surface area contributed by atoms with E-state index in [2.05, 4.69) is 10.9 Å². The van der Waals surface area contributed by atoms with Gasteiger partial charge < -0.3 is 4.74 Å². The zero-order valence-corrected chi connectivity index (χ0v) is 14.6. The number of benzene rings is 2. The molecular formula is C17H17ClN2O3S. The van der Waals surface area contributed by atoms with Crippen molar-refractivity contribution in [1.29, 1.82) is 0 Å². The molecule has 2 N–H and O–H groups in total. The molecule has 0 aromatic heterocycles. The molecule has 2 aromatic rings. The van der Waals surface area contributed by atoms with Gasteiger partial charge in [-0.15, -0.1) is 11.8 Å². The molecule has 0 aliphatic rings. The Morgan fingerprint density at radius 1 is 1.04 bits per heavy atom. The van der Waals surface area contributed by atoms with E-state index >= 15 is 0 Å². The van der Waals surface area contributed by atoms with Crippen molar-refractivity contribution < 1.29 is 14.3 Å². The maximum absolute atomic E-state index is 11.9. The van der Waals surface area contributed by atoms with Gasteiger partial charge in [-0.2, -0.15) is 0 Å². The molecule has 0 saturated heterocycles. The Balaban J connectivity index is 1.76. The summed E-state index contributed by atoms with van der Waals surface area (Å²) in [6.45, 7) is 2.45. The summed E-state index contributed by atoms with van der Waals surface area (Å²) in [6, 6.07) is 13.9. The molecule has 0 bridgehead atoms. The molecule has 5 nitrogen and oxygen atoms in total. The second-order valence-corrected chi connectivity index (χ2v) is 6.19. The molecule has 0 heterocycles. The first-order valence-corrected chi connectivity index (χ1v) is 8.65. The van der Waals surface area contributed by atoms with E-state index in [1.807, 2.05) is 19.1 Å². The van der Waals surface area contributed by atoms with Crippen molar-refractivity contribution in [1.82, 2.24) is 10.9 Å². The quantitative estimate of drug-likeness (QED) is 0.609. The molecule has 0 radical (unpaired) electrons. The third kappa shape index (κ3) is 5.79. The molecule has 126 valence electrons. The molecule has 2 amide bonds. The number of ether oxygens (including phenoxy) is 1. The number of hydrogen-bond acceptors (Lipinski definition) is 4. The van der Waals surface area contributed by atoms with Crippen molar-refractivity contribution >= 4 is 35.2 Å². The van der Waals surface area contributed by atoms with Gasteiger partial charge in [0.2, 0.25) is 5.91 Å². The molecule has 0 spiro atoms. The third-order valence-corrected chi connectivity index (χ3v) is 4.19. The maximum Gasteiger partial charge on any atom is 0.269 e. The number of halogens is 1. The number of rotatable bonds is 6. The Kier molecular flexibility index (Phi) is 6.96. The first-order chi connectivity index (χ1) is 11.6. The van der Waals surface area contributed by atoms with E-state index < -0.39 is 0 Å². The summed E-state index contributed by atoms with van der Waals surface area (Å²) in [5.41, 5.74) is 5.20. The van der Waals surface area contributed by atoms with Gasteiger partial charge in [-0.3, -0.25) is 20.4 Å². The number of nitrogens with one attached hydrogen (secondary N) is 2. The highest BCUT2D eigenvalue weighted by Crippen LogP contribution is 2.19. The van der Waals surface area contributed by atoms with Gasteiger partial charge in [-0.05, 0) is 55.5 Å². The number of carbonyl (C=O) groups is 2. The minimum absolute atomic E-state index is 0.186. The van der Waals surface area contributed by atoms with Crippen LogP contribution in [0.5, 0.6) is 5.75 Å². The van der Waals surface area contributed by atoms with E-state index in [9.17, 15) is 9.59 Å². The van der Waals surface area contributed by atoms with Gasteiger partial charge in [0.05, 0.1) is 12.4 Å². The van der Waals surface area contributed by atoms with E-state index in [0.717, 1.165) is 4.90 Å². The van der Waals surface area contributed by atoms with Gasteiger partial charge in [-0.25, -0.2) is 0 Å². The van der Waals surface area contributed by atoms with Gasteiger partial charge >= 0.3 is 0 Å². The van der Waals surface area contributed by atoms with Crippen LogP contribution < -0.4 is 15.6 Å². The molecule has 2 rings (SSSR count). The van der Waals surface area contributed by atoms with Crippen LogP contribution in [0.3, 0.4) is 0 Å². The van der Waals surface area contributed by atoms with E-state index in [1.54, 1.807) is 36.4 Å². The van der Waals surface area contributed by atoms with Crippen LogP contribution in [0.4, 0.5) is 0 Å². The lowest BCUT2D eigenvalue weighted by atomic mass is 10.2. The van der Waals surface area contributed by atoms with Crippen molar-refractivity contribution in [2.75, 3.05) is 12.4 Å². The summed E-state index contributed by atoms with van der Waals surface area (Å²) >= 11 is 7.15. The van der Waals surface area contributed by atoms with Crippen molar-refractivity contribution in [3.05, 3.63) is 59.1 Å². The van der Waals surface area contributed by atoms with Gasteiger partial charge in [-0.1, -0.05) is 11.6 Å². The fourth-order valence-electron chi connectivity index (χ4n) is 1.78. The summed E-state index contributed by atoms with van der Waals surface area (Å²) in [5, 5.41) is 0.645. The van der Waals surface area contributed by atoms with Crippen LogP contribution in [0, 0.1) is 0 Å². The molecule has 7 heteroatoms. The average Bonchev–Trinajstić information content (AvgIpc) is 2.60. The normalized spacial score (nSPS) is 10.1. The first kappa shape index (κ1) is 18.2. The summed E-state index contributed by atoms with van der Waals surface area (Å²) < 4.78 is 5.31. The van der Waals surface area contributed by atoms with E-state index in [4.69, 9.17) is 16.3 Å². The largest absolute Gasteiger partial charge is 0.494 e. The second kappa shape index (κ2) is 9.20. The molecule has 24 heavy (non-hydrogen) atoms. The number of hydrogen-bond donors (Lipinski definition) is 2. The smallest absolute Gasteiger partial charge is 0.269 e. The Morgan fingerprint density at radius 3 is 2.33 bits per heavy atom. The molecule has 0 atom stereocenters. The topological polar surface area (TPSA) is 67.4 Å². The predicted molar refractivity (Wildman–Crippen MR) is 95.4 cm³/mol. The summed E-state index contributed by atoms with van der Waals surface area (Å²) in [5.74, 6) is 0.195. The molecule has 0 aliphatic heterocycles. The highest BCUT2D eigenvalue weighted by Gasteiger charge is 2.08. The highest BCUT2D eigenvalue weighted by atomic mass is 35.5. The van der Waals surface area contributed by atoms with Crippen LogP contribution in [0.15, 0.2) is 53.4 Å². The standard InChI is InChI=1S/C17H17ClN2O3S/c1-2-23-14-7-3-12(4-8-14)17(22)20-19-16(21)11-24-15-9-5-13(18)6-10-15/h3-10H,2,11H2,1H3,(H,19,21)(H,20,22). The third-order valence-electron chi connectivity index (χ3n) is 2.93. The highest BCUT2D eigenvalue weighted by molar-refractivity contribution is 8.00. The number of thioether (sulfide) groups is 1. The Labute approximate surface area is 149 Å². The van der Waals surface area contributed by atoms with Crippen LogP contribution in [-0.4, -0.2) is 24.2 Å². The van der Waals surface area contributed by atoms with Crippen molar-refractivity contribution in [2.24, 2.45) is 0 Å². The number of amides is 2. The van der Waals surface area contributed by atoms with Crippen molar-refractivity contribution in [2.45, 2.75) is 11.8 Å². The lowest BCUT2D eigenvalue weighted by Gasteiger charge is -2.08. The lowest BCUT2D eigenvalue weighted by Crippen LogP contribution is -2.42. The fraction of sp³-hybridized carbons (Fsp3) is 0.176. The minimum atomic E-state index is -0.386. The van der Waals surface area contributed by atoms with Crippen LogP contribution >= 0.6 is 23.4 Å². The van der Waals surface area contributed by atoms with Gasteiger partial charge in [0.1, 0.15) is 5.75 Å². The lowest BCUT2D eigenvalue weighted by molar-refractivity contribution is -0.119. The summed E-state index contributed by atoms with van der Waals surface area (Å²) in [4.78, 5) is 24.6. The Hall–Kier alpha value is -2.18. The molecule has 0 unspecified atom stereocenters. The fourth-order valence-corrected chi connectivity index (χ4v) is 2.61. The van der Waals surface area contributed by atoms with Crippen LogP contribution in [0.1, 0.15) is 17.3 Å². The van der Waals surface area contributed by atoms with Crippen LogP contribution in [0.25, 0.3) is 0 Å². The molecule has 2 aromatic carbocycles. The SMILES string of the molecule is CCOc1ccc(C(=O)NNC(=O)CSc2ccc(Cl)cc2)cc1. The number of hydrazine groups is 1. The van der Waals surface area contributed by atoms with Crippen molar-refractivity contribution in [3.8, 4) is 5.75 Å². The Morgan fingerprint density at radius 2 is 1.71 bits per heavy atom. The van der Waals surface area contributed by atoms with E-state index in [1.165, 1.54) is 11.8 Å². The minimum Gasteiger partial charge on any atom is -0.494 e. The molecule has 0 aliphatic carbocycles. The maximum atomic E-state index is 11.9. The summed E-state index contributed by atoms with van der Waals surface area (Å²) in [7, 11) is 0. The van der Waals surface area contributed by atoms with Gasteiger partial charge in [0, 0.05) is 15.5 Å². The average molecular weight is 365 g/mol. The van der Waals surface area contributed by atoms with E-state index in [0.29, 0.717) is 22.9 Å². The molecule has 0 saturated carbocycles. The molecular weight excluding hydrogens is 348 g/mol. The predicted octanol–water partition coefficient (Wildman–Crippen LogP) is 3.29. The van der Waals surface area contributed by atoms with Crippen LogP contribution in [0.2, 0.25) is 5.02 Å². The second-order valence-electron chi connectivity index (χ2n) is 4.70. The first-order valence-electron chi connectivity index (χ1n) is 7.29. The summed E-state index contributed by atoms with van der Waals surface area (Å²) in [6.07, 6.45) is 0. The van der Waals surface area contributed by atoms with Gasteiger partial charge in [0.25, 0.3) is 5.91 Å². The zero-order valence-electron chi connectivity index (χ0n) is 13.0. The number of carbonyl (C=O) groups excluding carboxylic acids is 2. The van der Waals surface area contributed by atoms with Crippen LogP contribution in [-0.2, 0) is 4.79 Å². The van der Waals surface area contributed by atoms with Crippen molar-refractivity contribution in [3.63, 3.8) is 0 Å². The molecule has 0 fully saturated rings. The monoisotopic (exact) mass is 364 g/mol.